The Labute approximate surface area is 183 Å². The van der Waals surface area contributed by atoms with Crippen LogP contribution < -0.4 is 15.2 Å². The summed E-state index contributed by atoms with van der Waals surface area (Å²) in [5, 5.41) is 10.6. The normalized spacial score (nSPS) is 16.3. The Hall–Kier alpha value is -2.61. The second-order valence-corrected chi connectivity index (χ2v) is 7.89. The number of aliphatic hydroxyl groups excluding tert-OH is 1. The monoisotopic (exact) mass is 428 g/mol. The molecule has 0 saturated carbocycles. The maximum absolute atomic E-state index is 11.3. The van der Waals surface area contributed by atoms with Gasteiger partial charge in [0.2, 0.25) is 5.91 Å². The Morgan fingerprint density at radius 1 is 1.00 bits per heavy atom. The molecule has 1 aliphatic rings. The molecular weight excluding hydrogens is 396 g/mol. The van der Waals surface area contributed by atoms with Crippen molar-refractivity contribution in [3.05, 3.63) is 59.7 Å². The first-order chi connectivity index (χ1) is 15.0. The van der Waals surface area contributed by atoms with Crippen LogP contribution in [0.1, 0.15) is 30.1 Å². The van der Waals surface area contributed by atoms with Crippen LogP contribution >= 0.6 is 0 Å². The number of benzene rings is 2. The lowest BCUT2D eigenvalue weighted by molar-refractivity contribution is -0.123. The quantitative estimate of drug-likeness (QED) is 0.603. The third kappa shape index (κ3) is 6.43. The van der Waals surface area contributed by atoms with Crippen molar-refractivity contribution in [2.75, 3.05) is 40.5 Å². The van der Waals surface area contributed by atoms with Gasteiger partial charge in [-0.2, -0.15) is 0 Å². The summed E-state index contributed by atoms with van der Waals surface area (Å²) < 4.78 is 16.7. The van der Waals surface area contributed by atoms with E-state index >= 15 is 0 Å². The number of aliphatic hydroxyl groups is 1. The van der Waals surface area contributed by atoms with Crippen molar-refractivity contribution in [2.45, 2.75) is 25.0 Å². The summed E-state index contributed by atoms with van der Waals surface area (Å²) in [6.07, 6.45) is 0.517. The van der Waals surface area contributed by atoms with Gasteiger partial charge in [-0.15, -0.1) is 0 Å². The molecule has 0 unspecified atom stereocenters. The van der Waals surface area contributed by atoms with Crippen molar-refractivity contribution in [1.82, 2.24) is 4.90 Å². The number of carbonyl (C=O) groups excluding carboxylic acids is 1. The molecule has 7 heteroatoms. The lowest BCUT2D eigenvalue weighted by Crippen LogP contribution is -2.42. The summed E-state index contributed by atoms with van der Waals surface area (Å²) in [6.45, 7) is 2.21. The van der Waals surface area contributed by atoms with Crippen LogP contribution in [0, 0.1) is 5.92 Å². The lowest BCUT2D eigenvalue weighted by Gasteiger charge is -2.32. The number of rotatable bonds is 10. The first-order valence-electron chi connectivity index (χ1n) is 10.6. The second-order valence-electron chi connectivity index (χ2n) is 7.89. The van der Waals surface area contributed by atoms with E-state index in [4.69, 9.17) is 19.9 Å². The van der Waals surface area contributed by atoms with E-state index in [1.165, 1.54) is 0 Å². The minimum Gasteiger partial charge on any atom is -0.497 e. The highest BCUT2D eigenvalue weighted by molar-refractivity contribution is 5.76. The average molecular weight is 429 g/mol. The maximum atomic E-state index is 11.3. The predicted octanol–water partition coefficient (Wildman–Crippen LogP) is 2.37. The van der Waals surface area contributed by atoms with E-state index in [2.05, 4.69) is 4.90 Å². The van der Waals surface area contributed by atoms with E-state index in [1.54, 1.807) is 14.2 Å². The number of piperidine rings is 1. The van der Waals surface area contributed by atoms with E-state index < -0.39 is 6.10 Å². The van der Waals surface area contributed by atoms with E-state index in [0.717, 1.165) is 48.6 Å². The number of primary amides is 1. The SMILES string of the molecule is COc1ccc(C(OC[C@H](O)CN2CCC(C(N)=O)CC2)c2ccc(OC)cc2)cc1. The van der Waals surface area contributed by atoms with Gasteiger partial charge in [0, 0.05) is 12.5 Å². The van der Waals surface area contributed by atoms with Gasteiger partial charge in [-0.1, -0.05) is 24.3 Å². The lowest BCUT2D eigenvalue weighted by atomic mass is 9.96. The molecule has 1 amide bonds. The molecule has 168 valence electrons. The van der Waals surface area contributed by atoms with Crippen molar-refractivity contribution in [1.29, 1.82) is 0 Å². The van der Waals surface area contributed by atoms with E-state index in [0.29, 0.717) is 6.54 Å². The Bertz CT molecular complexity index is 769. The van der Waals surface area contributed by atoms with Gasteiger partial charge < -0.3 is 30.0 Å². The Balaban J connectivity index is 1.63. The number of hydrogen-bond donors (Lipinski definition) is 2. The molecule has 2 aromatic carbocycles. The molecule has 0 aromatic heterocycles. The van der Waals surface area contributed by atoms with Crippen molar-refractivity contribution in [3.63, 3.8) is 0 Å². The zero-order chi connectivity index (χ0) is 22.2. The topological polar surface area (TPSA) is 94.3 Å². The number of carbonyl (C=O) groups is 1. The summed E-state index contributed by atoms with van der Waals surface area (Å²) in [4.78, 5) is 13.5. The fourth-order valence-corrected chi connectivity index (χ4v) is 3.90. The molecule has 2 aromatic rings. The minimum atomic E-state index is -0.635. The molecule has 1 atom stereocenters. The van der Waals surface area contributed by atoms with E-state index in [1.807, 2.05) is 48.5 Å². The first kappa shape index (κ1) is 23.1. The molecule has 3 N–H and O–H groups in total. The molecule has 1 aliphatic heterocycles. The largest absolute Gasteiger partial charge is 0.497 e. The number of nitrogens with two attached hydrogens (primary N) is 1. The van der Waals surface area contributed by atoms with Gasteiger partial charge in [0.1, 0.15) is 17.6 Å². The first-order valence-corrected chi connectivity index (χ1v) is 10.6. The fourth-order valence-electron chi connectivity index (χ4n) is 3.90. The summed E-state index contributed by atoms with van der Waals surface area (Å²) in [7, 11) is 3.27. The molecule has 1 saturated heterocycles. The van der Waals surface area contributed by atoms with Gasteiger partial charge in [0.15, 0.2) is 0 Å². The summed E-state index contributed by atoms with van der Waals surface area (Å²) in [5.74, 6) is 1.26. The molecule has 0 bridgehead atoms. The minimum absolute atomic E-state index is 0.0563. The highest BCUT2D eigenvalue weighted by atomic mass is 16.5. The van der Waals surface area contributed by atoms with Gasteiger partial charge in [0.05, 0.1) is 26.9 Å². The molecule has 1 fully saturated rings. The third-order valence-electron chi connectivity index (χ3n) is 5.75. The standard InChI is InChI=1S/C24H32N2O5/c1-29-21-7-3-17(4-8-21)23(18-5-9-22(30-2)10-6-18)31-16-20(27)15-26-13-11-19(12-14-26)24(25)28/h3-10,19-20,23,27H,11-16H2,1-2H3,(H2,25,28)/t20-/m1/s1. The van der Waals surface area contributed by atoms with E-state index in [9.17, 15) is 9.90 Å². The summed E-state index contributed by atoms with van der Waals surface area (Å²) >= 11 is 0. The number of β-amino-alcohol motifs (C(OH)–C–C–N with tert-alkyl or cyclic N) is 1. The van der Waals surface area contributed by atoms with E-state index in [-0.39, 0.29) is 24.5 Å². The molecule has 3 rings (SSSR count). The number of ether oxygens (including phenoxy) is 3. The second kappa shape index (κ2) is 11.1. The van der Waals surface area contributed by atoms with Crippen LogP contribution in [0.5, 0.6) is 11.5 Å². The van der Waals surface area contributed by atoms with Gasteiger partial charge in [-0.05, 0) is 61.3 Å². The van der Waals surface area contributed by atoms with Crippen LogP contribution in [-0.2, 0) is 9.53 Å². The number of nitrogens with zero attached hydrogens (tertiary/aromatic N) is 1. The van der Waals surface area contributed by atoms with Gasteiger partial charge in [0.25, 0.3) is 0 Å². The summed E-state index contributed by atoms with van der Waals surface area (Å²) in [6, 6.07) is 15.5. The van der Waals surface area contributed by atoms with Crippen molar-refractivity contribution in [2.24, 2.45) is 11.7 Å². The zero-order valence-electron chi connectivity index (χ0n) is 18.2. The van der Waals surface area contributed by atoms with Crippen LogP contribution in [-0.4, -0.2) is 62.5 Å². The zero-order valence-corrected chi connectivity index (χ0v) is 18.2. The molecule has 1 heterocycles. The third-order valence-corrected chi connectivity index (χ3v) is 5.75. The van der Waals surface area contributed by atoms with Crippen molar-refractivity contribution >= 4 is 5.91 Å². The van der Waals surface area contributed by atoms with Crippen LogP contribution in [0.2, 0.25) is 0 Å². The number of hydrogen-bond acceptors (Lipinski definition) is 6. The molecule has 0 aliphatic carbocycles. The van der Waals surface area contributed by atoms with Gasteiger partial charge in [-0.3, -0.25) is 4.79 Å². The molecule has 31 heavy (non-hydrogen) atoms. The van der Waals surface area contributed by atoms with Crippen LogP contribution in [0.15, 0.2) is 48.5 Å². The highest BCUT2D eigenvalue weighted by Gasteiger charge is 2.25. The van der Waals surface area contributed by atoms with Crippen LogP contribution in [0.4, 0.5) is 0 Å². The molecule has 0 spiro atoms. The number of likely N-dealkylation sites (tertiary alicyclic amines) is 1. The Morgan fingerprint density at radius 3 is 1.90 bits per heavy atom. The molecule has 7 nitrogen and oxygen atoms in total. The molecule has 0 radical (unpaired) electrons. The average Bonchev–Trinajstić information content (AvgIpc) is 2.80. The number of amides is 1. The summed E-state index contributed by atoms with van der Waals surface area (Å²) in [5.41, 5.74) is 7.34. The van der Waals surface area contributed by atoms with Crippen molar-refractivity contribution in [3.8, 4) is 11.5 Å². The fraction of sp³-hybridized carbons (Fsp3) is 0.458. The highest BCUT2D eigenvalue weighted by Crippen LogP contribution is 2.29. The smallest absolute Gasteiger partial charge is 0.220 e. The van der Waals surface area contributed by atoms with Crippen molar-refractivity contribution < 1.29 is 24.1 Å². The van der Waals surface area contributed by atoms with Crippen LogP contribution in [0.3, 0.4) is 0 Å². The van der Waals surface area contributed by atoms with Gasteiger partial charge in [-0.25, -0.2) is 0 Å². The van der Waals surface area contributed by atoms with Gasteiger partial charge >= 0.3 is 0 Å². The Kier molecular flexibility index (Phi) is 8.28. The predicted molar refractivity (Wildman–Crippen MR) is 118 cm³/mol. The Morgan fingerprint density at radius 2 is 1.48 bits per heavy atom. The van der Waals surface area contributed by atoms with Crippen LogP contribution in [0.25, 0.3) is 0 Å². The number of methoxy groups -OCH3 is 2. The molecular formula is C24H32N2O5. The maximum Gasteiger partial charge on any atom is 0.220 e.